The van der Waals surface area contributed by atoms with E-state index in [0.717, 1.165) is 49.3 Å². The number of hydrogen-bond donors (Lipinski definition) is 2. The number of carbonyl (C=O) groups excluding carboxylic acids is 1. The summed E-state index contributed by atoms with van der Waals surface area (Å²) >= 11 is 0. The predicted octanol–water partition coefficient (Wildman–Crippen LogP) is 1.13. The van der Waals surface area contributed by atoms with Crippen molar-refractivity contribution < 1.29 is 4.79 Å². The van der Waals surface area contributed by atoms with Crippen LogP contribution in [0.5, 0.6) is 0 Å². The number of fused-ring (bicyclic) bond motifs is 1. The van der Waals surface area contributed by atoms with Crippen LogP contribution in [0.2, 0.25) is 0 Å². The van der Waals surface area contributed by atoms with Gasteiger partial charge in [-0.3, -0.25) is 4.79 Å². The van der Waals surface area contributed by atoms with Crippen LogP contribution >= 0.6 is 0 Å². The third-order valence-electron chi connectivity index (χ3n) is 3.63. The van der Waals surface area contributed by atoms with Gasteiger partial charge in [0.25, 0.3) is 0 Å². The molecule has 104 valence electrons. The molecule has 1 saturated heterocycles. The van der Waals surface area contributed by atoms with Gasteiger partial charge in [-0.05, 0) is 25.1 Å². The summed E-state index contributed by atoms with van der Waals surface area (Å²) in [6, 6.07) is 9.44. The Morgan fingerprint density at radius 1 is 1.25 bits per heavy atom. The lowest BCUT2D eigenvalue weighted by Gasteiger charge is -2.22. The van der Waals surface area contributed by atoms with Crippen molar-refractivity contribution in [1.29, 1.82) is 0 Å². The second-order valence-corrected chi connectivity index (χ2v) is 5.00. The Balaban J connectivity index is 2.09. The van der Waals surface area contributed by atoms with E-state index < -0.39 is 5.91 Å². The van der Waals surface area contributed by atoms with Crippen molar-refractivity contribution >= 4 is 22.6 Å². The molecule has 5 heteroatoms. The summed E-state index contributed by atoms with van der Waals surface area (Å²) < 4.78 is 0. The lowest BCUT2D eigenvalue weighted by atomic mass is 10.1. The van der Waals surface area contributed by atoms with Crippen molar-refractivity contribution in [3.8, 4) is 0 Å². The largest absolute Gasteiger partial charge is 0.366 e. The highest BCUT2D eigenvalue weighted by molar-refractivity contribution is 6.06. The second-order valence-electron chi connectivity index (χ2n) is 5.00. The minimum Gasteiger partial charge on any atom is -0.366 e. The maximum atomic E-state index is 11.7. The molecule has 20 heavy (non-hydrogen) atoms. The Kier molecular flexibility index (Phi) is 3.52. The molecule has 3 rings (SSSR count). The summed E-state index contributed by atoms with van der Waals surface area (Å²) in [5, 5.41) is 4.18. The topological polar surface area (TPSA) is 71.2 Å². The molecule has 1 fully saturated rings. The Labute approximate surface area is 117 Å². The molecule has 0 atom stereocenters. The summed E-state index contributed by atoms with van der Waals surface area (Å²) in [6.07, 6.45) is 1.07. The van der Waals surface area contributed by atoms with Crippen LogP contribution in [0.1, 0.15) is 16.8 Å². The van der Waals surface area contributed by atoms with Crippen molar-refractivity contribution in [3.05, 3.63) is 35.9 Å². The van der Waals surface area contributed by atoms with Crippen LogP contribution in [-0.2, 0) is 0 Å². The highest BCUT2D eigenvalue weighted by Gasteiger charge is 2.15. The van der Waals surface area contributed by atoms with Crippen molar-refractivity contribution in [2.75, 3.05) is 31.1 Å². The summed E-state index contributed by atoms with van der Waals surface area (Å²) in [4.78, 5) is 18.6. The van der Waals surface area contributed by atoms with Gasteiger partial charge in [-0.25, -0.2) is 4.98 Å². The number of nitrogens with zero attached hydrogens (tertiary/aromatic N) is 2. The number of nitrogens with one attached hydrogen (secondary N) is 1. The van der Waals surface area contributed by atoms with Crippen molar-refractivity contribution in [2.24, 2.45) is 5.73 Å². The first-order valence-corrected chi connectivity index (χ1v) is 6.91. The normalized spacial score (nSPS) is 16.1. The molecule has 2 heterocycles. The molecule has 0 bridgehead atoms. The molecule has 2 aromatic rings. The number of carbonyl (C=O) groups is 1. The van der Waals surface area contributed by atoms with Crippen LogP contribution in [0.15, 0.2) is 30.3 Å². The van der Waals surface area contributed by atoms with Gasteiger partial charge in [0, 0.05) is 25.0 Å². The average molecular weight is 270 g/mol. The monoisotopic (exact) mass is 270 g/mol. The predicted molar refractivity (Wildman–Crippen MR) is 80.0 cm³/mol. The maximum Gasteiger partial charge on any atom is 0.249 e. The summed E-state index contributed by atoms with van der Waals surface area (Å²) in [7, 11) is 0. The molecular formula is C15H18N4O. The standard InChI is InChI=1S/C15H18N4O/c16-15(20)12-10-14(19-8-3-6-17-7-9-19)18-13-5-2-1-4-11(12)13/h1-2,4-5,10,17H,3,6-9H2,(H2,16,20). The number of anilines is 1. The molecule has 1 aliphatic rings. The fourth-order valence-corrected chi connectivity index (χ4v) is 2.60. The third kappa shape index (κ3) is 2.44. The number of rotatable bonds is 2. The van der Waals surface area contributed by atoms with Crippen molar-refractivity contribution in [1.82, 2.24) is 10.3 Å². The first kappa shape index (κ1) is 12.9. The van der Waals surface area contributed by atoms with E-state index in [1.54, 1.807) is 0 Å². The van der Waals surface area contributed by atoms with E-state index in [1.807, 2.05) is 30.3 Å². The number of nitrogens with two attached hydrogens (primary N) is 1. The molecule has 1 aromatic heterocycles. The van der Waals surface area contributed by atoms with E-state index >= 15 is 0 Å². The zero-order valence-electron chi connectivity index (χ0n) is 11.3. The van der Waals surface area contributed by atoms with Gasteiger partial charge in [0.15, 0.2) is 0 Å². The fraction of sp³-hybridized carbons (Fsp3) is 0.333. The smallest absolute Gasteiger partial charge is 0.249 e. The molecule has 1 aliphatic heterocycles. The third-order valence-corrected chi connectivity index (χ3v) is 3.63. The first-order chi connectivity index (χ1) is 9.75. The Morgan fingerprint density at radius 3 is 2.95 bits per heavy atom. The minimum absolute atomic E-state index is 0.405. The quantitative estimate of drug-likeness (QED) is 0.858. The van der Waals surface area contributed by atoms with Gasteiger partial charge in [0.05, 0.1) is 11.1 Å². The van der Waals surface area contributed by atoms with Gasteiger partial charge in [-0.15, -0.1) is 0 Å². The highest BCUT2D eigenvalue weighted by Crippen LogP contribution is 2.23. The second kappa shape index (κ2) is 5.46. The summed E-state index contributed by atoms with van der Waals surface area (Å²) in [6.45, 7) is 3.78. The molecule has 0 unspecified atom stereocenters. The molecule has 0 radical (unpaired) electrons. The lowest BCUT2D eigenvalue weighted by Crippen LogP contribution is -2.29. The molecule has 0 saturated carbocycles. The van der Waals surface area contributed by atoms with E-state index in [1.165, 1.54) is 0 Å². The number of aromatic nitrogens is 1. The summed E-state index contributed by atoms with van der Waals surface area (Å²) in [5.74, 6) is 0.430. The van der Waals surface area contributed by atoms with Crippen LogP contribution in [0, 0.1) is 0 Å². The molecule has 0 aliphatic carbocycles. The van der Waals surface area contributed by atoms with E-state index in [9.17, 15) is 4.79 Å². The number of benzene rings is 1. The SMILES string of the molecule is NC(=O)c1cc(N2CCCNCC2)nc2ccccc12. The van der Waals surface area contributed by atoms with Crippen LogP contribution in [0.25, 0.3) is 10.9 Å². The Bertz CT molecular complexity index is 633. The van der Waals surface area contributed by atoms with E-state index in [-0.39, 0.29) is 0 Å². The van der Waals surface area contributed by atoms with Crippen LogP contribution in [0.3, 0.4) is 0 Å². The Hall–Kier alpha value is -2.14. The van der Waals surface area contributed by atoms with Crippen molar-refractivity contribution in [3.63, 3.8) is 0 Å². The molecule has 1 aromatic carbocycles. The highest BCUT2D eigenvalue weighted by atomic mass is 16.1. The van der Waals surface area contributed by atoms with E-state index in [4.69, 9.17) is 5.73 Å². The number of primary amides is 1. The fourth-order valence-electron chi connectivity index (χ4n) is 2.60. The van der Waals surface area contributed by atoms with Crippen LogP contribution in [0.4, 0.5) is 5.82 Å². The van der Waals surface area contributed by atoms with Gasteiger partial charge in [-0.1, -0.05) is 18.2 Å². The zero-order chi connectivity index (χ0) is 13.9. The number of amides is 1. The Morgan fingerprint density at radius 2 is 2.10 bits per heavy atom. The molecule has 1 amide bonds. The van der Waals surface area contributed by atoms with Gasteiger partial charge < -0.3 is 16.0 Å². The van der Waals surface area contributed by atoms with Gasteiger partial charge in [0.1, 0.15) is 5.82 Å². The molecule has 3 N–H and O–H groups in total. The molecule has 0 spiro atoms. The van der Waals surface area contributed by atoms with Crippen molar-refractivity contribution in [2.45, 2.75) is 6.42 Å². The van der Waals surface area contributed by atoms with Crippen LogP contribution < -0.4 is 16.0 Å². The van der Waals surface area contributed by atoms with Gasteiger partial charge >= 0.3 is 0 Å². The first-order valence-electron chi connectivity index (χ1n) is 6.91. The number of pyridine rings is 1. The van der Waals surface area contributed by atoms with Crippen LogP contribution in [-0.4, -0.2) is 37.1 Å². The van der Waals surface area contributed by atoms with Gasteiger partial charge in [0.2, 0.25) is 5.91 Å². The average Bonchev–Trinajstić information content (AvgIpc) is 2.75. The number of hydrogen-bond acceptors (Lipinski definition) is 4. The van der Waals surface area contributed by atoms with E-state index in [0.29, 0.717) is 5.56 Å². The number of para-hydroxylation sites is 1. The van der Waals surface area contributed by atoms with E-state index in [2.05, 4.69) is 15.2 Å². The molecular weight excluding hydrogens is 252 g/mol. The maximum absolute atomic E-state index is 11.7. The zero-order valence-corrected chi connectivity index (χ0v) is 11.3. The summed E-state index contributed by atoms with van der Waals surface area (Å²) in [5.41, 5.74) is 6.87. The lowest BCUT2D eigenvalue weighted by molar-refractivity contribution is 0.100. The minimum atomic E-state index is -0.405. The molecule has 5 nitrogen and oxygen atoms in total. The van der Waals surface area contributed by atoms with Gasteiger partial charge in [-0.2, -0.15) is 0 Å².